The number of carbonyl (C=O) groups excluding carboxylic acids is 1. The Balaban J connectivity index is 1.89. The third-order valence-electron chi connectivity index (χ3n) is 5.08. The number of rotatable bonds is 10. The number of para-hydroxylation sites is 1. The molecule has 34 heavy (non-hydrogen) atoms. The molecule has 176 valence electrons. The minimum Gasteiger partial charge on any atom is -0.495 e. The molecule has 2 aromatic carbocycles. The van der Waals surface area contributed by atoms with E-state index in [2.05, 4.69) is 0 Å². The third kappa shape index (κ3) is 5.55. The number of ether oxygens (including phenoxy) is 2. The van der Waals surface area contributed by atoms with Crippen LogP contribution in [-0.4, -0.2) is 29.7 Å². The highest BCUT2D eigenvalue weighted by molar-refractivity contribution is 7.11. The molecule has 0 spiro atoms. The number of nitrogens with one attached hydrogen (secondary N) is 1. The van der Waals surface area contributed by atoms with Crippen LogP contribution in [0, 0.1) is 12.3 Å². The van der Waals surface area contributed by atoms with Crippen molar-refractivity contribution in [2.75, 3.05) is 7.11 Å². The molecule has 0 aliphatic rings. The van der Waals surface area contributed by atoms with Crippen molar-refractivity contribution in [2.45, 2.75) is 26.7 Å². The topological polar surface area (TPSA) is 96.7 Å². The SMILES string of the molecule is CCC=C(Oc1ccccc1C)C(=O)C(=N)Cc1scc(-c2ccc(Cl)c(OC)c2)c1C(=O)O. The fraction of sp³-hybridized carbons (Fsp3) is 0.192. The van der Waals surface area contributed by atoms with E-state index in [1.807, 2.05) is 26.0 Å². The number of halogens is 1. The number of methoxy groups -OCH3 is 1. The van der Waals surface area contributed by atoms with Gasteiger partial charge in [0.25, 0.3) is 0 Å². The Hall–Kier alpha value is -3.42. The summed E-state index contributed by atoms with van der Waals surface area (Å²) < 4.78 is 11.1. The van der Waals surface area contributed by atoms with Crippen molar-refractivity contribution in [3.05, 3.63) is 80.7 Å². The molecule has 0 bridgehead atoms. The lowest BCUT2D eigenvalue weighted by molar-refractivity contribution is -0.111. The second kappa shape index (κ2) is 11.1. The zero-order valence-electron chi connectivity index (χ0n) is 19.0. The van der Waals surface area contributed by atoms with Gasteiger partial charge in [-0.3, -0.25) is 4.79 Å². The number of aromatic carboxylic acids is 1. The molecular formula is C26H24ClNO5S. The molecule has 0 aliphatic heterocycles. The Morgan fingerprint density at radius 2 is 1.91 bits per heavy atom. The molecule has 0 amide bonds. The fourth-order valence-corrected chi connectivity index (χ4v) is 4.60. The summed E-state index contributed by atoms with van der Waals surface area (Å²) in [5.74, 6) is -0.707. The van der Waals surface area contributed by atoms with E-state index >= 15 is 0 Å². The molecular weight excluding hydrogens is 474 g/mol. The van der Waals surface area contributed by atoms with E-state index in [9.17, 15) is 14.7 Å². The van der Waals surface area contributed by atoms with Gasteiger partial charge in [0.1, 0.15) is 11.5 Å². The molecule has 0 unspecified atom stereocenters. The number of benzene rings is 2. The molecule has 3 aromatic rings. The van der Waals surface area contributed by atoms with Gasteiger partial charge in [0.2, 0.25) is 5.78 Å². The van der Waals surface area contributed by atoms with Crippen molar-refractivity contribution in [3.63, 3.8) is 0 Å². The maximum Gasteiger partial charge on any atom is 0.337 e. The zero-order chi connectivity index (χ0) is 24.8. The summed E-state index contributed by atoms with van der Waals surface area (Å²) in [5, 5.41) is 20.4. The molecule has 0 saturated carbocycles. The Labute approximate surface area is 206 Å². The van der Waals surface area contributed by atoms with E-state index in [0.717, 1.165) is 5.56 Å². The van der Waals surface area contributed by atoms with Crippen LogP contribution in [0.4, 0.5) is 0 Å². The van der Waals surface area contributed by atoms with Crippen LogP contribution in [0.5, 0.6) is 11.5 Å². The summed E-state index contributed by atoms with van der Waals surface area (Å²) in [7, 11) is 1.48. The average Bonchev–Trinajstić information content (AvgIpc) is 3.23. The van der Waals surface area contributed by atoms with Gasteiger partial charge in [-0.15, -0.1) is 11.3 Å². The fourth-order valence-electron chi connectivity index (χ4n) is 3.35. The summed E-state index contributed by atoms with van der Waals surface area (Å²) >= 11 is 7.28. The molecule has 3 rings (SSSR count). The predicted octanol–water partition coefficient (Wildman–Crippen LogP) is 6.59. The van der Waals surface area contributed by atoms with Gasteiger partial charge in [0, 0.05) is 16.9 Å². The summed E-state index contributed by atoms with van der Waals surface area (Å²) in [4.78, 5) is 25.6. The second-order valence-electron chi connectivity index (χ2n) is 7.43. The largest absolute Gasteiger partial charge is 0.495 e. The average molecular weight is 498 g/mol. The van der Waals surface area contributed by atoms with E-state index in [1.165, 1.54) is 18.4 Å². The van der Waals surface area contributed by atoms with Crippen molar-refractivity contribution in [3.8, 4) is 22.6 Å². The van der Waals surface area contributed by atoms with Gasteiger partial charge in [0.15, 0.2) is 5.76 Å². The van der Waals surface area contributed by atoms with Gasteiger partial charge in [-0.25, -0.2) is 4.79 Å². The van der Waals surface area contributed by atoms with Crippen LogP contribution in [0.2, 0.25) is 5.02 Å². The van der Waals surface area contributed by atoms with Gasteiger partial charge >= 0.3 is 5.97 Å². The van der Waals surface area contributed by atoms with Crippen LogP contribution in [-0.2, 0) is 11.2 Å². The van der Waals surface area contributed by atoms with Crippen LogP contribution in [0.3, 0.4) is 0 Å². The van der Waals surface area contributed by atoms with Gasteiger partial charge < -0.3 is 20.0 Å². The van der Waals surface area contributed by atoms with E-state index in [-0.39, 0.29) is 23.5 Å². The minimum absolute atomic E-state index is 0.0489. The maximum absolute atomic E-state index is 13.0. The smallest absolute Gasteiger partial charge is 0.337 e. The lowest BCUT2D eigenvalue weighted by Gasteiger charge is -2.12. The molecule has 0 radical (unpaired) electrons. The number of aryl methyl sites for hydroxylation is 1. The summed E-state index contributed by atoms with van der Waals surface area (Å²) in [5.41, 5.74) is 1.75. The predicted molar refractivity (Wildman–Crippen MR) is 135 cm³/mol. The minimum atomic E-state index is -1.14. The highest BCUT2D eigenvalue weighted by Crippen LogP contribution is 2.36. The maximum atomic E-state index is 13.0. The lowest BCUT2D eigenvalue weighted by atomic mass is 10.00. The third-order valence-corrected chi connectivity index (χ3v) is 6.38. The van der Waals surface area contributed by atoms with Crippen molar-refractivity contribution < 1.29 is 24.2 Å². The van der Waals surface area contributed by atoms with Crippen molar-refractivity contribution >= 4 is 40.4 Å². The monoisotopic (exact) mass is 497 g/mol. The first kappa shape index (κ1) is 25.2. The Morgan fingerprint density at radius 3 is 2.56 bits per heavy atom. The number of carbonyl (C=O) groups is 2. The van der Waals surface area contributed by atoms with E-state index in [4.69, 9.17) is 26.5 Å². The Bertz CT molecular complexity index is 1280. The van der Waals surface area contributed by atoms with Gasteiger partial charge in [0.05, 0.1) is 23.4 Å². The summed E-state index contributed by atoms with van der Waals surface area (Å²) in [6, 6.07) is 12.3. The molecule has 2 N–H and O–H groups in total. The molecule has 6 nitrogen and oxygen atoms in total. The standard InChI is InChI=1S/C26H24ClNO5S/c1-4-7-21(33-20-9-6-5-8-15(20)2)25(29)19(28)13-23-24(26(30)31)17(14-34-23)16-10-11-18(27)22(12-16)32-3/h5-12,14,28H,4,13H2,1-3H3,(H,30,31). The number of Topliss-reactive ketones (excluding diaryl/α,β-unsaturated/α-hetero) is 1. The number of hydrogen-bond donors (Lipinski definition) is 2. The first-order chi connectivity index (χ1) is 16.3. The second-order valence-corrected chi connectivity index (χ2v) is 8.80. The van der Waals surface area contributed by atoms with E-state index in [1.54, 1.807) is 41.8 Å². The zero-order valence-corrected chi connectivity index (χ0v) is 20.5. The molecule has 0 aliphatic carbocycles. The van der Waals surface area contributed by atoms with Crippen LogP contribution in [0.25, 0.3) is 11.1 Å². The van der Waals surface area contributed by atoms with Crippen molar-refractivity contribution in [2.24, 2.45) is 0 Å². The van der Waals surface area contributed by atoms with Crippen LogP contribution in [0.15, 0.2) is 59.7 Å². The van der Waals surface area contributed by atoms with Gasteiger partial charge in [-0.2, -0.15) is 0 Å². The van der Waals surface area contributed by atoms with Crippen LogP contribution >= 0.6 is 22.9 Å². The molecule has 0 atom stereocenters. The molecule has 1 heterocycles. The Morgan fingerprint density at radius 1 is 1.18 bits per heavy atom. The molecule has 1 aromatic heterocycles. The summed E-state index contributed by atoms with van der Waals surface area (Å²) in [6.07, 6.45) is 2.04. The first-order valence-electron chi connectivity index (χ1n) is 10.5. The number of ketones is 1. The highest BCUT2D eigenvalue weighted by atomic mass is 35.5. The number of carboxylic acids is 1. The Kier molecular flexibility index (Phi) is 8.26. The molecule has 8 heteroatoms. The van der Waals surface area contributed by atoms with Crippen LogP contribution < -0.4 is 9.47 Å². The first-order valence-corrected chi connectivity index (χ1v) is 11.8. The van der Waals surface area contributed by atoms with E-state index in [0.29, 0.717) is 38.9 Å². The van der Waals surface area contributed by atoms with Crippen molar-refractivity contribution in [1.29, 1.82) is 5.41 Å². The quantitative estimate of drug-likeness (QED) is 0.187. The van der Waals surface area contributed by atoms with Gasteiger partial charge in [-0.1, -0.05) is 42.8 Å². The number of allylic oxidation sites excluding steroid dienone is 2. The normalized spacial score (nSPS) is 11.2. The van der Waals surface area contributed by atoms with Crippen molar-refractivity contribution in [1.82, 2.24) is 0 Å². The number of hydrogen-bond acceptors (Lipinski definition) is 6. The summed E-state index contributed by atoms with van der Waals surface area (Å²) in [6.45, 7) is 3.74. The number of thiophene rings is 1. The lowest BCUT2D eigenvalue weighted by Crippen LogP contribution is -2.21. The van der Waals surface area contributed by atoms with Crippen LogP contribution in [0.1, 0.15) is 34.1 Å². The van der Waals surface area contributed by atoms with E-state index < -0.39 is 11.8 Å². The van der Waals surface area contributed by atoms with Gasteiger partial charge in [-0.05, 0) is 54.1 Å². The number of carboxylic acid groups (broad SMARTS) is 1. The highest BCUT2D eigenvalue weighted by Gasteiger charge is 2.25. The molecule has 0 saturated heterocycles. The molecule has 0 fully saturated rings.